The summed E-state index contributed by atoms with van der Waals surface area (Å²) in [6, 6.07) is 4.53. The van der Waals surface area contributed by atoms with Gasteiger partial charge in [-0.2, -0.15) is 9.37 Å². The Morgan fingerprint density at radius 1 is 1.27 bits per heavy atom. The highest BCUT2D eigenvalue weighted by Crippen LogP contribution is 2.14. The van der Waals surface area contributed by atoms with Crippen molar-refractivity contribution in [3.8, 4) is 11.5 Å². The van der Waals surface area contributed by atoms with Crippen LogP contribution in [0.5, 0.6) is 0 Å². The molecule has 0 aromatic carbocycles. The van der Waals surface area contributed by atoms with Gasteiger partial charge >= 0.3 is 0 Å². The van der Waals surface area contributed by atoms with E-state index in [2.05, 4.69) is 20.2 Å². The molecule has 0 radical (unpaired) electrons. The Kier molecular flexibility index (Phi) is 2.32. The zero-order valence-corrected chi connectivity index (χ0v) is 8.40. The molecule has 0 unspecified atom stereocenters. The van der Waals surface area contributed by atoms with Crippen molar-refractivity contribution >= 4 is 5.95 Å². The van der Waals surface area contributed by atoms with E-state index >= 15 is 0 Å². The van der Waals surface area contributed by atoms with E-state index in [4.69, 9.17) is 0 Å². The first-order valence-corrected chi connectivity index (χ1v) is 4.39. The molecule has 2 aromatic heterocycles. The highest BCUT2D eigenvalue weighted by molar-refractivity contribution is 5.50. The standard InChI is InChI=1S/C9H10FN5/c1-15(2)9-12-8(13-14-9)6-4-3-5-7(10)11-6/h3-5H,1-2H3,(H,12,13,14). The Labute approximate surface area is 86.0 Å². The van der Waals surface area contributed by atoms with Crippen LogP contribution < -0.4 is 4.90 Å². The van der Waals surface area contributed by atoms with Crippen LogP contribution in [0.1, 0.15) is 0 Å². The third kappa shape index (κ3) is 1.93. The predicted molar refractivity (Wildman–Crippen MR) is 53.9 cm³/mol. The van der Waals surface area contributed by atoms with Crippen LogP contribution >= 0.6 is 0 Å². The molecular formula is C9H10FN5. The van der Waals surface area contributed by atoms with Crippen molar-refractivity contribution in [2.24, 2.45) is 0 Å². The monoisotopic (exact) mass is 207 g/mol. The maximum absolute atomic E-state index is 12.8. The number of aromatic amines is 1. The van der Waals surface area contributed by atoms with Gasteiger partial charge < -0.3 is 4.90 Å². The Hall–Kier alpha value is -1.98. The Morgan fingerprint density at radius 2 is 2.07 bits per heavy atom. The van der Waals surface area contributed by atoms with Crippen molar-refractivity contribution in [3.05, 3.63) is 24.1 Å². The average Bonchev–Trinajstić information content (AvgIpc) is 2.66. The zero-order valence-electron chi connectivity index (χ0n) is 8.40. The number of pyridine rings is 1. The van der Waals surface area contributed by atoms with Gasteiger partial charge in [0.1, 0.15) is 5.69 Å². The Balaban J connectivity index is 2.37. The summed E-state index contributed by atoms with van der Waals surface area (Å²) >= 11 is 0. The number of hydrogen-bond acceptors (Lipinski definition) is 4. The molecule has 2 aromatic rings. The van der Waals surface area contributed by atoms with Crippen LogP contribution in [-0.2, 0) is 0 Å². The third-order valence-electron chi connectivity index (χ3n) is 1.83. The summed E-state index contributed by atoms with van der Waals surface area (Å²) in [4.78, 5) is 9.60. The average molecular weight is 207 g/mol. The van der Waals surface area contributed by atoms with Gasteiger partial charge in [-0.25, -0.2) is 4.98 Å². The van der Waals surface area contributed by atoms with Gasteiger partial charge in [-0.05, 0) is 12.1 Å². The molecule has 5 nitrogen and oxygen atoms in total. The van der Waals surface area contributed by atoms with E-state index in [1.54, 1.807) is 17.0 Å². The minimum atomic E-state index is -0.532. The number of hydrogen-bond donors (Lipinski definition) is 1. The second-order valence-electron chi connectivity index (χ2n) is 3.22. The molecule has 78 valence electrons. The lowest BCUT2D eigenvalue weighted by atomic mass is 10.3. The summed E-state index contributed by atoms with van der Waals surface area (Å²) in [6.07, 6.45) is 0. The van der Waals surface area contributed by atoms with E-state index in [1.807, 2.05) is 14.1 Å². The maximum atomic E-state index is 12.8. The zero-order chi connectivity index (χ0) is 10.8. The Morgan fingerprint density at radius 3 is 2.67 bits per heavy atom. The molecule has 0 aliphatic rings. The Bertz CT molecular complexity index is 465. The van der Waals surface area contributed by atoms with Gasteiger partial charge in [0, 0.05) is 14.1 Å². The molecule has 0 aliphatic heterocycles. The molecule has 0 spiro atoms. The minimum absolute atomic E-state index is 0.440. The molecule has 15 heavy (non-hydrogen) atoms. The van der Waals surface area contributed by atoms with Crippen molar-refractivity contribution in [3.63, 3.8) is 0 Å². The first-order valence-electron chi connectivity index (χ1n) is 4.39. The highest BCUT2D eigenvalue weighted by atomic mass is 19.1. The molecule has 0 saturated heterocycles. The van der Waals surface area contributed by atoms with Crippen molar-refractivity contribution in [1.29, 1.82) is 0 Å². The normalized spacial score (nSPS) is 10.3. The van der Waals surface area contributed by atoms with Crippen molar-refractivity contribution in [2.45, 2.75) is 0 Å². The van der Waals surface area contributed by atoms with Crippen LogP contribution in [0.3, 0.4) is 0 Å². The van der Waals surface area contributed by atoms with Gasteiger partial charge in [0.2, 0.25) is 11.9 Å². The number of rotatable bonds is 2. The summed E-state index contributed by atoms with van der Waals surface area (Å²) in [5.74, 6) is 0.463. The molecule has 2 heterocycles. The van der Waals surface area contributed by atoms with Gasteiger partial charge in [-0.1, -0.05) is 6.07 Å². The first kappa shape index (κ1) is 9.57. The van der Waals surface area contributed by atoms with Gasteiger partial charge in [-0.15, -0.1) is 5.10 Å². The lowest BCUT2D eigenvalue weighted by molar-refractivity contribution is 0.585. The van der Waals surface area contributed by atoms with Gasteiger partial charge in [0.05, 0.1) is 0 Å². The van der Waals surface area contributed by atoms with Crippen LogP contribution in [-0.4, -0.2) is 34.3 Å². The fourth-order valence-corrected chi connectivity index (χ4v) is 1.11. The van der Waals surface area contributed by atoms with Gasteiger partial charge in [0.25, 0.3) is 0 Å². The van der Waals surface area contributed by atoms with Crippen molar-refractivity contribution < 1.29 is 4.39 Å². The van der Waals surface area contributed by atoms with Gasteiger partial charge in [-0.3, -0.25) is 5.10 Å². The molecule has 0 fully saturated rings. The molecule has 2 rings (SSSR count). The molecule has 6 heteroatoms. The quantitative estimate of drug-likeness (QED) is 0.748. The summed E-state index contributed by atoms with van der Waals surface area (Å²) in [5, 5.41) is 6.65. The number of nitrogens with zero attached hydrogens (tertiary/aromatic N) is 4. The number of aromatic nitrogens is 4. The number of halogens is 1. The van der Waals surface area contributed by atoms with Crippen molar-refractivity contribution in [1.82, 2.24) is 20.2 Å². The molecule has 0 saturated carbocycles. The second kappa shape index (κ2) is 3.64. The fraction of sp³-hybridized carbons (Fsp3) is 0.222. The van der Waals surface area contributed by atoms with Crippen molar-refractivity contribution in [2.75, 3.05) is 19.0 Å². The van der Waals surface area contributed by atoms with E-state index in [0.29, 0.717) is 17.5 Å². The lowest BCUT2D eigenvalue weighted by Gasteiger charge is -2.03. The number of anilines is 1. The number of nitrogens with one attached hydrogen (secondary N) is 1. The van der Waals surface area contributed by atoms with Crippen LogP contribution in [0.15, 0.2) is 18.2 Å². The molecule has 0 bridgehead atoms. The summed E-state index contributed by atoms with van der Waals surface area (Å²) in [6.45, 7) is 0. The summed E-state index contributed by atoms with van der Waals surface area (Å²) in [7, 11) is 3.65. The molecule has 1 N–H and O–H groups in total. The summed E-state index contributed by atoms with van der Waals surface area (Å²) < 4.78 is 12.8. The first-order chi connectivity index (χ1) is 7.16. The lowest BCUT2D eigenvalue weighted by Crippen LogP contribution is -2.10. The van der Waals surface area contributed by atoms with Crippen LogP contribution in [0.4, 0.5) is 10.3 Å². The SMILES string of the molecule is CN(C)c1n[nH]c(-c2cccc(F)n2)n1. The highest BCUT2D eigenvalue weighted by Gasteiger charge is 2.08. The van der Waals surface area contributed by atoms with E-state index in [1.165, 1.54) is 6.07 Å². The third-order valence-corrected chi connectivity index (χ3v) is 1.83. The van der Waals surface area contributed by atoms with Crippen LogP contribution in [0.25, 0.3) is 11.5 Å². The maximum Gasteiger partial charge on any atom is 0.244 e. The fourth-order valence-electron chi connectivity index (χ4n) is 1.11. The largest absolute Gasteiger partial charge is 0.346 e. The van der Waals surface area contributed by atoms with Gasteiger partial charge in [0.15, 0.2) is 5.82 Å². The topological polar surface area (TPSA) is 57.7 Å². The minimum Gasteiger partial charge on any atom is -0.346 e. The predicted octanol–water partition coefficient (Wildman–Crippen LogP) is 1.07. The number of H-pyrrole nitrogens is 1. The van der Waals surface area contributed by atoms with E-state index in [-0.39, 0.29) is 0 Å². The van der Waals surface area contributed by atoms with Crippen LogP contribution in [0, 0.1) is 5.95 Å². The van der Waals surface area contributed by atoms with E-state index < -0.39 is 5.95 Å². The molecule has 0 aliphatic carbocycles. The van der Waals surface area contributed by atoms with E-state index in [9.17, 15) is 4.39 Å². The molecular weight excluding hydrogens is 197 g/mol. The molecule has 0 atom stereocenters. The van der Waals surface area contributed by atoms with E-state index in [0.717, 1.165) is 0 Å². The van der Waals surface area contributed by atoms with Crippen LogP contribution in [0.2, 0.25) is 0 Å². The molecule has 0 amide bonds. The summed E-state index contributed by atoms with van der Waals surface area (Å²) in [5.41, 5.74) is 0.440. The second-order valence-corrected chi connectivity index (χ2v) is 3.22. The smallest absolute Gasteiger partial charge is 0.244 e.